The van der Waals surface area contributed by atoms with Crippen LogP contribution in [0, 0.1) is 5.92 Å². The van der Waals surface area contributed by atoms with Gasteiger partial charge in [0, 0.05) is 6.54 Å². The summed E-state index contributed by atoms with van der Waals surface area (Å²) >= 11 is 0. The van der Waals surface area contributed by atoms with Crippen molar-refractivity contribution in [1.29, 1.82) is 0 Å². The van der Waals surface area contributed by atoms with Gasteiger partial charge in [-0.3, -0.25) is 0 Å². The molecule has 84 valence electrons. The summed E-state index contributed by atoms with van der Waals surface area (Å²) in [6.45, 7) is 4.43. The van der Waals surface area contributed by atoms with Crippen molar-refractivity contribution in [3.05, 3.63) is 0 Å². The van der Waals surface area contributed by atoms with Gasteiger partial charge in [-0.15, -0.1) is 0 Å². The first kappa shape index (κ1) is 11.9. The third-order valence-corrected chi connectivity index (χ3v) is 4.02. The number of rotatable bonds is 6. The highest BCUT2D eigenvalue weighted by Crippen LogP contribution is 2.09. The topological polar surface area (TPSA) is 58.2 Å². The Bertz CT molecular complexity index is 246. The van der Waals surface area contributed by atoms with Crippen molar-refractivity contribution in [1.82, 2.24) is 10.0 Å². The third-order valence-electron chi connectivity index (χ3n) is 2.47. The van der Waals surface area contributed by atoms with Crippen LogP contribution >= 0.6 is 0 Å². The van der Waals surface area contributed by atoms with Gasteiger partial charge in [0.25, 0.3) is 0 Å². The van der Waals surface area contributed by atoms with Crippen LogP contribution in [-0.2, 0) is 10.0 Å². The van der Waals surface area contributed by atoms with E-state index in [1.807, 2.05) is 0 Å². The zero-order valence-corrected chi connectivity index (χ0v) is 9.57. The molecular formula is C9H20N2O2S. The van der Waals surface area contributed by atoms with Crippen LogP contribution < -0.4 is 10.0 Å². The van der Waals surface area contributed by atoms with E-state index in [9.17, 15) is 8.42 Å². The molecule has 0 aliphatic carbocycles. The fourth-order valence-electron chi connectivity index (χ4n) is 1.63. The average molecular weight is 220 g/mol. The van der Waals surface area contributed by atoms with Crippen LogP contribution in [-0.4, -0.2) is 33.8 Å². The summed E-state index contributed by atoms with van der Waals surface area (Å²) < 4.78 is 25.7. The van der Waals surface area contributed by atoms with E-state index in [2.05, 4.69) is 17.0 Å². The molecule has 0 bridgehead atoms. The third kappa shape index (κ3) is 4.39. The maximum absolute atomic E-state index is 11.5. The van der Waals surface area contributed by atoms with Gasteiger partial charge < -0.3 is 5.32 Å². The molecule has 1 fully saturated rings. The zero-order valence-electron chi connectivity index (χ0n) is 8.75. The Labute approximate surface area is 86.5 Å². The van der Waals surface area contributed by atoms with Gasteiger partial charge in [0.2, 0.25) is 10.0 Å². The molecule has 0 spiro atoms. The summed E-state index contributed by atoms with van der Waals surface area (Å²) in [5, 5.41) is 3.17. The molecule has 4 nitrogen and oxygen atoms in total. The van der Waals surface area contributed by atoms with E-state index in [-0.39, 0.29) is 5.75 Å². The number of hydrogen-bond acceptors (Lipinski definition) is 3. The van der Waals surface area contributed by atoms with Gasteiger partial charge >= 0.3 is 0 Å². The Morgan fingerprint density at radius 2 is 2.29 bits per heavy atom. The fourth-order valence-corrected chi connectivity index (χ4v) is 3.11. The molecule has 1 unspecified atom stereocenters. The van der Waals surface area contributed by atoms with Gasteiger partial charge in [-0.25, -0.2) is 13.1 Å². The van der Waals surface area contributed by atoms with E-state index in [1.165, 1.54) is 0 Å². The lowest BCUT2D eigenvalue weighted by molar-refractivity contribution is 0.555. The van der Waals surface area contributed by atoms with E-state index < -0.39 is 10.0 Å². The zero-order chi connectivity index (χ0) is 10.4. The first-order valence-electron chi connectivity index (χ1n) is 5.32. The summed E-state index contributed by atoms with van der Waals surface area (Å²) in [7, 11) is -3.03. The van der Waals surface area contributed by atoms with Gasteiger partial charge in [0.15, 0.2) is 0 Å². The molecular weight excluding hydrogens is 200 g/mol. The molecule has 1 heterocycles. The van der Waals surface area contributed by atoms with Crippen molar-refractivity contribution >= 4 is 10.0 Å². The van der Waals surface area contributed by atoms with E-state index in [4.69, 9.17) is 0 Å². The first-order chi connectivity index (χ1) is 6.64. The average Bonchev–Trinajstić information content (AvgIpc) is 2.56. The molecule has 0 radical (unpaired) electrons. The number of nitrogens with one attached hydrogen (secondary N) is 2. The van der Waals surface area contributed by atoms with Crippen LogP contribution in [0.25, 0.3) is 0 Å². The van der Waals surface area contributed by atoms with Crippen molar-refractivity contribution in [3.63, 3.8) is 0 Å². The van der Waals surface area contributed by atoms with Gasteiger partial charge in [0.05, 0.1) is 5.75 Å². The van der Waals surface area contributed by atoms with Crippen molar-refractivity contribution < 1.29 is 8.42 Å². The lowest BCUT2D eigenvalue weighted by Crippen LogP contribution is -2.31. The number of unbranched alkanes of at least 4 members (excludes halogenated alkanes) is 1. The van der Waals surface area contributed by atoms with Crippen LogP contribution in [0.15, 0.2) is 0 Å². The molecule has 2 N–H and O–H groups in total. The highest BCUT2D eigenvalue weighted by molar-refractivity contribution is 7.89. The normalized spacial score (nSPS) is 22.8. The van der Waals surface area contributed by atoms with Crippen molar-refractivity contribution in [3.8, 4) is 0 Å². The van der Waals surface area contributed by atoms with E-state index >= 15 is 0 Å². The highest BCUT2D eigenvalue weighted by atomic mass is 32.2. The van der Waals surface area contributed by atoms with E-state index in [0.29, 0.717) is 12.5 Å². The monoisotopic (exact) mass is 220 g/mol. The van der Waals surface area contributed by atoms with Gasteiger partial charge in [-0.05, 0) is 31.8 Å². The molecule has 1 rings (SSSR count). The Kier molecular flexibility index (Phi) is 4.84. The minimum absolute atomic E-state index is 0.281. The van der Waals surface area contributed by atoms with Crippen molar-refractivity contribution in [2.75, 3.05) is 25.4 Å². The van der Waals surface area contributed by atoms with Crippen molar-refractivity contribution in [2.45, 2.75) is 26.2 Å². The van der Waals surface area contributed by atoms with E-state index in [1.54, 1.807) is 0 Å². The Balaban J connectivity index is 2.26. The molecule has 14 heavy (non-hydrogen) atoms. The van der Waals surface area contributed by atoms with Crippen molar-refractivity contribution in [2.24, 2.45) is 5.92 Å². The maximum Gasteiger partial charge on any atom is 0.211 e. The molecule has 1 atom stereocenters. The molecule has 1 aliphatic heterocycles. The van der Waals surface area contributed by atoms with Crippen LogP contribution in [0.5, 0.6) is 0 Å². The SMILES string of the molecule is CCCCNS(=O)(=O)CC1CCNC1. The number of hydrogen-bond donors (Lipinski definition) is 2. The highest BCUT2D eigenvalue weighted by Gasteiger charge is 2.21. The second-order valence-corrected chi connectivity index (χ2v) is 5.74. The molecule has 0 amide bonds. The standard InChI is InChI=1S/C9H20N2O2S/c1-2-3-5-11-14(12,13)8-9-4-6-10-7-9/h9-11H,2-8H2,1H3. The predicted molar refractivity (Wildman–Crippen MR) is 57.7 cm³/mol. The van der Waals surface area contributed by atoms with Crippen LogP contribution in [0.3, 0.4) is 0 Å². The summed E-state index contributed by atoms with van der Waals surface area (Å²) in [6, 6.07) is 0. The molecule has 0 aromatic heterocycles. The largest absolute Gasteiger partial charge is 0.316 e. The van der Waals surface area contributed by atoms with E-state index in [0.717, 1.165) is 32.4 Å². The summed E-state index contributed by atoms with van der Waals surface area (Å²) in [4.78, 5) is 0. The molecule has 0 saturated carbocycles. The lowest BCUT2D eigenvalue weighted by Gasteiger charge is -2.09. The Morgan fingerprint density at radius 3 is 2.86 bits per heavy atom. The number of sulfonamides is 1. The summed E-state index contributed by atoms with van der Waals surface area (Å²) in [6.07, 6.45) is 2.92. The molecule has 0 aromatic carbocycles. The van der Waals surface area contributed by atoms with Crippen LogP contribution in [0.2, 0.25) is 0 Å². The Hall–Kier alpha value is -0.130. The molecule has 5 heteroatoms. The van der Waals surface area contributed by atoms with Crippen LogP contribution in [0.1, 0.15) is 26.2 Å². The summed E-state index contributed by atoms with van der Waals surface area (Å²) in [5.41, 5.74) is 0. The summed E-state index contributed by atoms with van der Waals surface area (Å²) in [5.74, 6) is 0.582. The first-order valence-corrected chi connectivity index (χ1v) is 6.97. The Morgan fingerprint density at radius 1 is 1.50 bits per heavy atom. The smallest absolute Gasteiger partial charge is 0.211 e. The second-order valence-electron chi connectivity index (χ2n) is 3.89. The molecule has 0 aromatic rings. The molecule has 1 aliphatic rings. The quantitative estimate of drug-likeness (QED) is 0.634. The molecule has 1 saturated heterocycles. The van der Waals surface area contributed by atoms with Crippen LogP contribution in [0.4, 0.5) is 0 Å². The maximum atomic E-state index is 11.5. The van der Waals surface area contributed by atoms with Gasteiger partial charge in [-0.2, -0.15) is 0 Å². The second kappa shape index (κ2) is 5.68. The predicted octanol–water partition coefficient (Wildman–Crippen LogP) is 0.315. The fraction of sp³-hybridized carbons (Fsp3) is 1.00. The minimum Gasteiger partial charge on any atom is -0.316 e. The van der Waals surface area contributed by atoms with Gasteiger partial charge in [0.1, 0.15) is 0 Å². The lowest BCUT2D eigenvalue weighted by atomic mass is 10.2. The minimum atomic E-state index is -3.03. The van der Waals surface area contributed by atoms with Gasteiger partial charge in [-0.1, -0.05) is 13.3 Å².